The number of para-hydroxylation sites is 1. The Morgan fingerprint density at radius 3 is 2.88 bits per heavy atom. The average molecular weight is 332 g/mol. The molecule has 0 fully saturated rings. The molecule has 8 heteroatoms. The van der Waals surface area contributed by atoms with Gasteiger partial charge in [-0.2, -0.15) is 4.98 Å². The lowest BCUT2D eigenvalue weighted by Crippen LogP contribution is -2.37. The van der Waals surface area contributed by atoms with Crippen LogP contribution in [0.3, 0.4) is 0 Å². The maximum Gasteiger partial charge on any atom is 0.275 e. The summed E-state index contributed by atoms with van der Waals surface area (Å²) in [6.45, 7) is 0. The molecular formula is C16H14F2N4O2. The van der Waals surface area contributed by atoms with Gasteiger partial charge in [-0.1, -0.05) is 23.4 Å². The summed E-state index contributed by atoms with van der Waals surface area (Å²) in [7, 11) is 1.79. The van der Waals surface area contributed by atoms with Crippen LogP contribution >= 0.6 is 0 Å². The molecule has 0 bridgehead atoms. The zero-order chi connectivity index (χ0) is 16.7. The van der Waals surface area contributed by atoms with Crippen LogP contribution < -0.4 is 4.74 Å². The molecule has 0 unspecified atom stereocenters. The third-order valence-electron chi connectivity index (χ3n) is 4.13. The van der Waals surface area contributed by atoms with Crippen molar-refractivity contribution in [3.63, 3.8) is 0 Å². The highest BCUT2D eigenvalue weighted by Gasteiger charge is 2.40. The molecule has 1 aliphatic rings. The van der Waals surface area contributed by atoms with Crippen LogP contribution in [-0.2, 0) is 13.5 Å². The van der Waals surface area contributed by atoms with Crippen molar-refractivity contribution in [1.29, 1.82) is 0 Å². The predicted octanol–water partition coefficient (Wildman–Crippen LogP) is 2.82. The second-order valence-electron chi connectivity index (χ2n) is 5.68. The monoisotopic (exact) mass is 332 g/mol. The molecule has 2 atom stereocenters. The molecule has 1 aliphatic heterocycles. The van der Waals surface area contributed by atoms with E-state index in [-0.39, 0.29) is 5.89 Å². The van der Waals surface area contributed by atoms with Crippen molar-refractivity contribution in [2.75, 3.05) is 0 Å². The van der Waals surface area contributed by atoms with Gasteiger partial charge < -0.3 is 13.8 Å². The molecule has 6 nitrogen and oxygen atoms in total. The molecule has 0 spiro atoms. The van der Waals surface area contributed by atoms with Gasteiger partial charge in [-0.3, -0.25) is 0 Å². The van der Waals surface area contributed by atoms with Gasteiger partial charge >= 0.3 is 0 Å². The van der Waals surface area contributed by atoms with E-state index in [2.05, 4.69) is 15.1 Å². The fraction of sp³-hybridized carbons (Fsp3) is 0.312. The molecule has 3 aromatic rings. The molecule has 24 heavy (non-hydrogen) atoms. The first kappa shape index (κ1) is 14.8. The molecule has 4 rings (SSSR count). The van der Waals surface area contributed by atoms with Crippen molar-refractivity contribution in [1.82, 2.24) is 19.7 Å². The largest absolute Gasteiger partial charge is 0.483 e. The minimum Gasteiger partial charge on any atom is -0.483 e. The minimum absolute atomic E-state index is 0.144. The number of ether oxygens (including phenoxy) is 1. The number of fused-ring (bicyclic) bond motifs is 1. The fourth-order valence-electron chi connectivity index (χ4n) is 2.89. The first-order valence-corrected chi connectivity index (χ1v) is 7.46. The Hall–Kier alpha value is -2.77. The summed E-state index contributed by atoms with van der Waals surface area (Å²) in [5, 5.41) is 3.90. The van der Waals surface area contributed by atoms with Crippen LogP contribution in [0.1, 0.15) is 17.4 Å². The minimum atomic E-state index is -2.66. The van der Waals surface area contributed by atoms with Gasteiger partial charge in [0.15, 0.2) is 6.10 Å². The number of rotatable bonds is 3. The molecule has 3 heterocycles. The number of halogens is 2. The smallest absolute Gasteiger partial charge is 0.275 e. The van der Waals surface area contributed by atoms with Gasteiger partial charge in [0.25, 0.3) is 6.43 Å². The van der Waals surface area contributed by atoms with Crippen LogP contribution in [0.5, 0.6) is 5.75 Å². The first-order valence-electron chi connectivity index (χ1n) is 7.46. The number of aromatic nitrogens is 4. The summed E-state index contributed by atoms with van der Waals surface area (Å²) in [4.78, 5) is 8.28. The maximum atomic E-state index is 13.5. The summed E-state index contributed by atoms with van der Waals surface area (Å²) >= 11 is 0. The van der Waals surface area contributed by atoms with Crippen LogP contribution in [0.2, 0.25) is 0 Å². The van der Waals surface area contributed by atoms with Crippen molar-refractivity contribution in [3.05, 3.63) is 48.2 Å². The Morgan fingerprint density at radius 1 is 1.29 bits per heavy atom. The lowest BCUT2D eigenvalue weighted by molar-refractivity contribution is -0.0175. The summed E-state index contributed by atoms with van der Waals surface area (Å²) in [6.07, 6.45) is -0.424. The Bertz CT molecular complexity index is 861. The third-order valence-corrected chi connectivity index (χ3v) is 4.13. The van der Waals surface area contributed by atoms with E-state index < -0.39 is 18.4 Å². The molecule has 0 N–H and O–H groups in total. The SMILES string of the molecule is Cn1cncc1-c1noc([C@@H]2Cc3ccccc3O[C@H]2C(F)F)n1. The highest BCUT2D eigenvalue weighted by Crippen LogP contribution is 2.38. The van der Waals surface area contributed by atoms with Crippen molar-refractivity contribution >= 4 is 0 Å². The highest BCUT2D eigenvalue weighted by atomic mass is 19.3. The molecule has 2 aromatic heterocycles. The summed E-state index contributed by atoms with van der Waals surface area (Å²) in [5.74, 6) is 0.239. The molecule has 0 saturated heterocycles. The van der Waals surface area contributed by atoms with E-state index in [9.17, 15) is 8.78 Å². The van der Waals surface area contributed by atoms with Crippen LogP contribution in [0, 0.1) is 0 Å². The van der Waals surface area contributed by atoms with Crippen LogP contribution in [0.25, 0.3) is 11.5 Å². The quantitative estimate of drug-likeness (QED) is 0.738. The van der Waals surface area contributed by atoms with E-state index in [1.165, 1.54) is 0 Å². The van der Waals surface area contributed by atoms with Crippen LogP contribution in [0.15, 0.2) is 41.3 Å². The first-order chi connectivity index (χ1) is 11.6. The maximum absolute atomic E-state index is 13.5. The second kappa shape index (κ2) is 5.70. The van der Waals surface area contributed by atoms with E-state index in [4.69, 9.17) is 9.26 Å². The molecule has 0 aliphatic carbocycles. The number of alkyl halides is 2. The normalized spacial score (nSPS) is 20.0. The lowest BCUT2D eigenvalue weighted by atomic mass is 9.90. The van der Waals surface area contributed by atoms with E-state index in [0.29, 0.717) is 23.7 Å². The van der Waals surface area contributed by atoms with Crippen LogP contribution in [-0.4, -0.2) is 32.2 Å². The van der Waals surface area contributed by atoms with Crippen molar-refractivity contribution in [3.8, 4) is 17.3 Å². The van der Waals surface area contributed by atoms with Crippen molar-refractivity contribution < 1.29 is 18.0 Å². The zero-order valence-corrected chi connectivity index (χ0v) is 12.8. The van der Waals surface area contributed by atoms with Gasteiger partial charge in [-0.25, -0.2) is 13.8 Å². The molecular weight excluding hydrogens is 318 g/mol. The van der Waals surface area contributed by atoms with Gasteiger partial charge in [-0.05, 0) is 18.1 Å². The standard InChI is InChI=1S/C16H14F2N4O2/c1-22-8-19-7-11(22)15-20-16(24-21-15)10-6-9-4-2-3-5-12(9)23-13(10)14(17)18/h2-5,7-8,10,13-14H,6H2,1H3/t10-,13-/m1/s1. The number of benzene rings is 1. The summed E-state index contributed by atoms with van der Waals surface area (Å²) in [5.41, 5.74) is 1.50. The topological polar surface area (TPSA) is 66.0 Å². The Morgan fingerprint density at radius 2 is 2.12 bits per heavy atom. The van der Waals surface area contributed by atoms with Gasteiger partial charge in [0.1, 0.15) is 11.4 Å². The van der Waals surface area contributed by atoms with Gasteiger partial charge in [0, 0.05) is 7.05 Å². The van der Waals surface area contributed by atoms with Crippen molar-refractivity contribution in [2.45, 2.75) is 24.9 Å². The molecule has 0 saturated carbocycles. The second-order valence-corrected chi connectivity index (χ2v) is 5.68. The summed E-state index contributed by atoms with van der Waals surface area (Å²) in [6, 6.07) is 7.14. The Balaban J connectivity index is 1.70. The van der Waals surface area contributed by atoms with Gasteiger partial charge in [-0.15, -0.1) is 0 Å². The zero-order valence-electron chi connectivity index (χ0n) is 12.8. The lowest BCUT2D eigenvalue weighted by Gasteiger charge is -2.30. The molecule has 0 radical (unpaired) electrons. The molecule has 0 amide bonds. The number of hydrogen-bond acceptors (Lipinski definition) is 5. The average Bonchev–Trinajstić information content (AvgIpc) is 3.22. The molecule has 124 valence electrons. The summed E-state index contributed by atoms with van der Waals surface area (Å²) < 4.78 is 39.4. The predicted molar refractivity (Wildman–Crippen MR) is 79.8 cm³/mol. The van der Waals surface area contributed by atoms with Crippen molar-refractivity contribution in [2.24, 2.45) is 7.05 Å². The van der Waals surface area contributed by atoms with E-state index >= 15 is 0 Å². The number of hydrogen-bond donors (Lipinski definition) is 0. The van der Waals surface area contributed by atoms with Gasteiger partial charge in [0.2, 0.25) is 11.7 Å². The third kappa shape index (κ3) is 2.44. The Kier molecular flexibility index (Phi) is 3.51. The highest BCUT2D eigenvalue weighted by molar-refractivity contribution is 5.47. The fourth-order valence-corrected chi connectivity index (χ4v) is 2.89. The van der Waals surface area contributed by atoms with E-state index in [1.807, 2.05) is 12.1 Å². The van der Waals surface area contributed by atoms with E-state index in [1.54, 1.807) is 36.3 Å². The van der Waals surface area contributed by atoms with E-state index in [0.717, 1.165) is 5.56 Å². The molecule has 1 aromatic carbocycles. The number of imidazole rings is 1. The van der Waals surface area contributed by atoms with Gasteiger partial charge in [0.05, 0.1) is 18.4 Å². The van der Waals surface area contributed by atoms with Crippen LogP contribution in [0.4, 0.5) is 8.78 Å². The number of aryl methyl sites for hydroxylation is 1. The Labute approximate surface area is 136 Å². The number of nitrogens with zero attached hydrogens (tertiary/aromatic N) is 4.